The summed E-state index contributed by atoms with van der Waals surface area (Å²) in [7, 11) is 0. The summed E-state index contributed by atoms with van der Waals surface area (Å²) in [6.45, 7) is 12.6. The van der Waals surface area contributed by atoms with Gasteiger partial charge in [0.15, 0.2) is 5.96 Å². The summed E-state index contributed by atoms with van der Waals surface area (Å²) in [5, 5.41) is 11.0. The third-order valence-electron chi connectivity index (χ3n) is 5.41. The van der Waals surface area contributed by atoms with E-state index >= 15 is 0 Å². The second kappa shape index (κ2) is 12.9. The predicted molar refractivity (Wildman–Crippen MR) is 130 cm³/mol. The fourth-order valence-electron chi connectivity index (χ4n) is 3.57. The molecular formula is C21H36IN7O. The van der Waals surface area contributed by atoms with Gasteiger partial charge in [0, 0.05) is 38.6 Å². The standard InChI is InChI=1S/C21H35N7O.HI/c1-4-22-21(23-9-5-11-28-12-6-10-25-28)24-15-19-7-13-27(14-8-19)16-20-26-17(2)18(3)29-20;/h6,10,12,19H,4-5,7-9,11,13-16H2,1-3H3,(H2,22,23,24);1H. The molecule has 1 aliphatic rings. The van der Waals surface area contributed by atoms with Crippen molar-refractivity contribution in [1.29, 1.82) is 0 Å². The lowest BCUT2D eigenvalue weighted by atomic mass is 9.97. The molecule has 168 valence electrons. The maximum atomic E-state index is 5.72. The molecule has 1 aliphatic heterocycles. The molecule has 0 unspecified atom stereocenters. The molecule has 8 nitrogen and oxygen atoms in total. The van der Waals surface area contributed by atoms with Crippen molar-refractivity contribution in [2.45, 2.75) is 53.1 Å². The molecule has 0 aliphatic carbocycles. The summed E-state index contributed by atoms with van der Waals surface area (Å²) >= 11 is 0. The van der Waals surface area contributed by atoms with Gasteiger partial charge in [-0.2, -0.15) is 5.10 Å². The van der Waals surface area contributed by atoms with E-state index in [1.807, 2.05) is 37.0 Å². The Morgan fingerprint density at radius 1 is 1.27 bits per heavy atom. The zero-order valence-electron chi connectivity index (χ0n) is 18.4. The molecular weight excluding hydrogens is 493 g/mol. The molecule has 0 aromatic carbocycles. The number of halogens is 1. The van der Waals surface area contributed by atoms with Gasteiger partial charge in [0.1, 0.15) is 5.76 Å². The SMILES string of the molecule is CCNC(=NCC1CCN(Cc2nc(C)c(C)o2)CC1)NCCCn1cccn1.I. The molecule has 0 amide bonds. The van der Waals surface area contributed by atoms with Gasteiger partial charge in [0.2, 0.25) is 5.89 Å². The Morgan fingerprint density at radius 3 is 2.70 bits per heavy atom. The van der Waals surface area contributed by atoms with Crippen LogP contribution in [-0.4, -0.2) is 58.3 Å². The molecule has 0 saturated carbocycles. The number of oxazole rings is 1. The number of likely N-dealkylation sites (tertiary alicyclic amines) is 1. The number of aliphatic imine (C=N–C) groups is 1. The summed E-state index contributed by atoms with van der Waals surface area (Å²) in [5.41, 5.74) is 0.997. The van der Waals surface area contributed by atoms with Gasteiger partial charge in [0.25, 0.3) is 0 Å². The Kier molecular flexibility index (Phi) is 10.6. The Morgan fingerprint density at radius 2 is 2.07 bits per heavy atom. The first kappa shape index (κ1) is 24.6. The van der Waals surface area contributed by atoms with Gasteiger partial charge in [-0.3, -0.25) is 14.6 Å². The minimum absolute atomic E-state index is 0. The highest BCUT2D eigenvalue weighted by Crippen LogP contribution is 2.20. The van der Waals surface area contributed by atoms with E-state index < -0.39 is 0 Å². The van der Waals surface area contributed by atoms with E-state index in [1.54, 1.807) is 0 Å². The number of hydrogen-bond donors (Lipinski definition) is 2. The number of rotatable bonds is 9. The van der Waals surface area contributed by atoms with Crippen LogP contribution in [0.25, 0.3) is 0 Å². The van der Waals surface area contributed by atoms with Gasteiger partial charge in [-0.05, 0) is 65.1 Å². The van der Waals surface area contributed by atoms with Crippen molar-refractivity contribution in [2.24, 2.45) is 10.9 Å². The van der Waals surface area contributed by atoms with Crippen LogP contribution in [0.5, 0.6) is 0 Å². The first-order chi connectivity index (χ1) is 14.1. The van der Waals surface area contributed by atoms with E-state index in [-0.39, 0.29) is 24.0 Å². The van der Waals surface area contributed by atoms with Crippen LogP contribution in [0.2, 0.25) is 0 Å². The number of guanidine groups is 1. The van der Waals surface area contributed by atoms with Crippen molar-refractivity contribution >= 4 is 29.9 Å². The zero-order valence-corrected chi connectivity index (χ0v) is 20.8. The van der Waals surface area contributed by atoms with Gasteiger partial charge >= 0.3 is 0 Å². The first-order valence-corrected chi connectivity index (χ1v) is 10.8. The first-order valence-electron chi connectivity index (χ1n) is 10.8. The quantitative estimate of drug-likeness (QED) is 0.225. The van der Waals surface area contributed by atoms with Crippen molar-refractivity contribution in [1.82, 2.24) is 30.3 Å². The number of piperidine rings is 1. The summed E-state index contributed by atoms with van der Waals surface area (Å²) in [5.74, 6) is 3.32. The van der Waals surface area contributed by atoms with Gasteiger partial charge in [0.05, 0.1) is 12.2 Å². The molecule has 1 saturated heterocycles. The highest BCUT2D eigenvalue weighted by atomic mass is 127. The molecule has 2 N–H and O–H groups in total. The molecule has 0 atom stereocenters. The number of nitrogens with zero attached hydrogens (tertiary/aromatic N) is 5. The van der Waals surface area contributed by atoms with E-state index in [4.69, 9.17) is 9.41 Å². The number of aromatic nitrogens is 3. The number of aryl methyl sites for hydroxylation is 3. The molecule has 3 rings (SSSR count). The van der Waals surface area contributed by atoms with Crippen molar-refractivity contribution < 1.29 is 4.42 Å². The smallest absolute Gasteiger partial charge is 0.208 e. The number of nitrogens with one attached hydrogen (secondary N) is 2. The molecule has 0 radical (unpaired) electrons. The van der Waals surface area contributed by atoms with E-state index in [9.17, 15) is 0 Å². The van der Waals surface area contributed by atoms with Gasteiger partial charge in [-0.15, -0.1) is 24.0 Å². The summed E-state index contributed by atoms with van der Waals surface area (Å²) in [6.07, 6.45) is 7.17. The van der Waals surface area contributed by atoms with Crippen LogP contribution in [0, 0.1) is 19.8 Å². The van der Waals surface area contributed by atoms with Gasteiger partial charge < -0.3 is 15.1 Å². The van der Waals surface area contributed by atoms with Crippen LogP contribution in [0.1, 0.15) is 43.5 Å². The highest BCUT2D eigenvalue weighted by Gasteiger charge is 2.20. The Labute approximate surface area is 196 Å². The Bertz CT molecular complexity index is 732. The minimum atomic E-state index is 0. The molecule has 1 fully saturated rings. The molecule has 30 heavy (non-hydrogen) atoms. The molecule has 2 aromatic heterocycles. The molecule has 0 spiro atoms. The van der Waals surface area contributed by atoms with Crippen molar-refractivity contribution in [3.63, 3.8) is 0 Å². The molecule has 3 heterocycles. The van der Waals surface area contributed by atoms with Crippen molar-refractivity contribution in [3.05, 3.63) is 35.8 Å². The Balaban J connectivity index is 0.00000320. The van der Waals surface area contributed by atoms with Gasteiger partial charge in [-0.25, -0.2) is 4.98 Å². The second-order valence-electron chi connectivity index (χ2n) is 7.74. The van der Waals surface area contributed by atoms with Crippen LogP contribution in [0.15, 0.2) is 27.9 Å². The van der Waals surface area contributed by atoms with E-state index in [0.29, 0.717) is 5.92 Å². The topological polar surface area (TPSA) is 83.5 Å². The largest absolute Gasteiger partial charge is 0.444 e. The average molecular weight is 529 g/mol. The lowest BCUT2D eigenvalue weighted by Gasteiger charge is -2.30. The van der Waals surface area contributed by atoms with Crippen LogP contribution in [0.4, 0.5) is 0 Å². The molecule has 9 heteroatoms. The third kappa shape index (κ3) is 7.90. The summed E-state index contributed by atoms with van der Waals surface area (Å²) in [6, 6.07) is 1.96. The maximum absolute atomic E-state index is 5.72. The predicted octanol–water partition coefficient (Wildman–Crippen LogP) is 2.96. The Hall–Kier alpha value is -1.62. The van der Waals surface area contributed by atoms with E-state index in [1.165, 1.54) is 12.8 Å². The summed E-state index contributed by atoms with van der Waals surface area (Å²) < 4.78 is 7.68. The zero-order chi connectivity index (χ0) is 20.5. The lowest BCUT2D eigenvalue weighted by molar-refractivity contribution is 0.166. The second-order valence-corrected chi connectivity index (χ2v) is 7.74. The normalized spacial score (nSPS) is 15.8. The fourth-order valence-corrected chi connectivity index (χ4v) is 3.57. The van der Waals surface area contributed by atoms with Gasteiger partial charge in [-0.1, -0.05) is 0 Å². The molecule has 2 aromatic rings. The monoisotopic (exact) mass is 529 g/mol. The van der Waals surface area contributed by atoms with E-state index in [2.05, 4.69) is 32.5 Å². The maximum Gasteiger partial charge on any atom is 0.208 e. The highest BCUT2D eigenvalue weighted by molar-refractivity contribution is 14.0. The average Bonchev–Trinajstić information content (AvgIpc) is 3.34. The summed E-state index contributed by atoms with van der Waals surface area (Å²) in [4.78, 5) is 11.8. The number of hydrogen-bond acceptors (Lipinski definition) is 5. The molecule has 0 bridgehead atoms. The lowest BCUT2D eigenvalue weighted by Crippen LogP contribution is -2.39. The van der Waals surface area contributed by atoms with Crippen LogP contribution in [0.3, 0.4) is 0 Å². The van der Waals surface area contributed by atoms with Crippen molar-refractivity contribution in [2.75, 3.05) is 32.7 Å². The van der Waals surface area contributed by atoms with Crippen molar-refractivity contribution in [3.8, 4) is 0 Å². The van der Waals surface area contributed by atoms with E-state index in [0.717, 1.165) is 75.5 Å². The van der Waals surface area contributed by atoms with Crippen LogP contribution >= 0.6 is 24.0 Å². The van der Waals surface area contributed by atoms with Crippen LogP contribution in [-0.2, 0) is 13.1 Å². The third-order valence-corrected chi connectivity index (χ3v) is 5.41. The fraction of sp³-hybridized carbons (Fsp3) is 0.667. The van der Waals surface area contributed by atoms with Crippen LogP contribution < -0.4 is 10.6 Å². The minimum Gasteiger partial charge on any atom is -0.444 e.